The van der Waals surface area contributed by atoms with E-state index in [9.17, 15) is 9.90 Å². The summed E-state index contributed by atoms with van der Waals surface area (Å²) in [5.74, 6) is 0.612. The maximum Gasteiger partial charge on any atom is 0.240 e. The molecule has 0 saturated heterocycles. The first-order valence-electron chi connectivity index (χ1n) is 8.25. The van der Waals surface area contributed by atoms with Crippen LogP contribution in [0.3, 0.4) is 0 Å². The van der Waals surface area contributed by atoms with Crippen molar-refractivity contribution >= 4 is 35.8 Å². The summed E-state index contributed by atoms with van der Waals surface area (Å²) in [6.07, 6.45) is 0. The van der Waals surface area contributed by atoms with E-state index in [1.807, 2.05) is 59.0 Å². The molecule has 0 unspecified atom stereocenters. The molecular formula is C18H31IN4O2. The minimum absolute atomic E-state index is 0. The molecule has 0 aromatic heterocycles. The van der Waals surface area contributed by atoms with E-state index in [1.165, 1.54) is 0 Å². The van der Waals surface area contributed by atoms with E-state index >= 15 is 0 Å². The van der Waals surface area contributed by atoms with Gasteiger partial charge in [0, 0.05) is 19.1 Å². The summed E-state index contributed by atoms with van der Waals surface area (Å²) < 4.78 is 0. The third-order valence-corrected chi connectivity index (χ3v) is 3.28. The van der Waals surface area contributed by atoms with Crippen LogP contribution < -0.4 is 10.6 Å². The standard InChI is InChI=1S/C18H30N4O2.HI/c1-6-19-17(22(5)12-16(24)21-18(2,3)4)20-11-14-9-7-8-10-15(14)13-23;/h7-10,23H,6,11-13H2,1-5H3,(H,19,20)(H,21,24);1H. The van der Waals surface area contributed by atoms with Crippen molar-refractivity contribution in [1.82, 2.24) is 15.5 Å². The van der Waals surface area contributed by atoms with E-state index in [4.69, 9.17) is 0 Å². The first-order valence-corrected chi connectivity index (χ1v) is 8.25. The highest BCUT2D eigenvalue weighted by molar-refractivity contribution is 14.0. The topological polar surface area (TPSA) is 77.0 Å². The molecule has 7 heteroatoms. The number of nitrogens with zero attached hydrogens (tertiary/aromatic N) is 2. The van der Waals surface area contributed by atoms with Crippen LogP contribution in [0.25, 0.3) is 0 Å². The number of halogens is 1. The lowest BCUT2D eigenvalue weighted by molar-refractivity contribution is -0.122. The summed E-state index contributed by atoms with van der Waals surface area (Å²) in [5, 5.41) is 15.5. The van der Waals surface area contributed by atoms with Gasteiger partial charge in [-0.25, -0.2) is 4.99 Å². The second-order valence-corrected chi connectivity index (χ2v) is 6.75. The van der Waals surface area contributed by atoms with Crippen LogP contribution in [0.1, 0.15) is 38.8 Å². The Morgan fingerprint density at radius 3 is 2.36 bits per heavy atom. The number of guanidine groups is 1. The Balaban J connectivity index is 0.00000576. The Labute approximate surface area is 168 Å². The van der Waals surface area contributed by atoms with Crippen molar-refractivity contribution in [3.05, 3.63) is 35.4 Å². The number of nitrogens with one attached hydrogen (secondary N) is 2. The number of carbonyl (C=O) groups excluding carboxylic acids is 1. The number of benzene rings is 1. The van der Waals surface area contributed by atoms with Gasteiger partial charge in [-0.15, -0.1) is 24.0 Å². The SMILES string of the molecule is CCNC(=NCc1ccccc1CO)N(C)CC(=O)NC(C)(C)C.I. The minimum atomic E-state index is -0.256. The minimum Gasteiger partial charge on any atom is -0.392 e. The van der Waals surface area contributed by atoms with Crippen molar-refractivity contribution in [3.63, 3.8) is 0 Å². The van der Waals surface area contributed by atoms with Gasteiger partial charge >= 0.3 is 0 Å². The highest BCUT2D eigenvalue weighted by atomic mass is 127. The molecule has 0 heterocycles. The fourth-order valence-corrected chi connectivity index (χ4v) is 2.24. The summed E-state index contributed by atoms with van der Waals surface area (Å²) in [5.41, 5.74) is 1.58. The first-order chi connectivity index (χ1) is 11.3. The monoisotopic (exact) mass is 462 g/mol. The quantitative estimate of drug-likeness (QED) is 0.344. The van der Waals surface area contributed by atoms with Gasteiger partial charge in [-0.05, 0) is 38.8 Å². The fourth-order valence-electron chi connectivity index (χ4n) is 2.24. The number of aliphatic imine (C=N–C) groups is 1. The van der Waals surface area contributed by atoms with Gasteiger partial charge in [-0.2, -0.15) is 0 Å². The highest BCUT2D eigenvalue weighted by Crippen LogP contribution is 2.10. The van der Waals surface area contributed by atoms with Crippen LogP contribution in [0.2, 0.25) is 0 Å². The molecule has 1 aromatic rings. The second kappa shape index (κ2) is 11.3. The third-order valence-electron chi connectivity index (χ3n) is 3.28. The highest BCUT2D eigenvalue weighted by Gasteiger charge is 2.16. The van der Waals surface area contributed by atoms with Crippen LogP contribution >= 0.6 is 24.0 Å². The lowest BCUT2D eigenvalue weighted by Crippen LogP contribution is -2.48. The van der Waals surface area contributed by atoms with E-state index < -0.39 is 0 Å². The number of aliphatic hydroxyl groups is 1. The van der Waals surface area contributed by atoms with Crippen LogP contribution in [0.4, 0.5) is 0 Å². The maximum atomic E-state index is 12.1. The van der Waals surface area contributed by atoms with Gasteiger partial charge in [-0.1, -0.05) is 24.3 Å². The molecule has 1 amide bonds. The van der Waals surface area contributed by atoms with Crippen LogP contribution in [0.5, 0.6) is 0 Å². The molecule has 25 heavy (non-hydrogen) atoms. The Hall–Kier alpha value is -1.35. The Kier molecular flexibility index (Phi) is 10.7. The second-order valence-electron chi connectivity index (χ2n) is 6.75. The fraction of sp³-hybridized carbons (Fsp3) is 0.556. The molecule has 0 saturated carbocycles. The van der Waals surface area contributed by atoms with Crippen LogP contribution in [0.15, 0.2) is 29.3 Å². The van der Waals surface area contributed by atoms with Gasteiger partial charge in [-0.3, -0.25) is 4.79 Å². The van der Waals surface area contributed by atoms with Gasteiger partial charge in [0.05, 0.1) is 19.7 Å². The zero-order valence-electron chi connectivity index (χ0n) is 15.8. The molecule has 0 aliphatic heterocycles. The van der Waals surface area contributed by atoms with E-state index in [0.717, 1.165) is 11.1 Å². The van der Waals surface area contributed by atoms with Gasteiger partial charge in [0.15, 0.2) is 5.96 Å². The average molecular weight is 462 g/mol. The summed E-state index contributed by atoms with van der Waals surface area (Å²) in [6, 6.07) is 7.66. The first kappa shape index (κ1) is 23.6. The van der Waals surface area contributed by atoms with Gasteiger partial charge in [0.1, 0.15) is 0 Å². The summed E-state index contributed by atoms with van der Waals surface area (Å²) >= 11 is 0. The maximum absolute atomic E-state index is 12.1. The van der Waals surface area contributed by atoms with Crippen molar-refractivity contribution in [1.29, 1.82) is 0 Å². The molecule has 1 rings (SSSR count). The molecule has 142 valence electrons. The predicted molar refractivity (Wildman–Crippen MR) is 113 cm³/mol. The Bertz CT molecular complexity index is 570. The zero-order valence-corrected chi connectivity index (χ0v) is 18.1. The van der Waals surface area contributed by atoms with E-state index in [1.54, 1.807) is 4.90 Å². The van der Waals surface area contributed by atoms with E-state index in [2.05, 4.69) is 15.6 Å². The Morgan fingerprint density at radius 2 is 1.84 bits per heavy atom. The van der Waals surface area contributed by atoms with E-state index in [-0.39, 0.29) is 48.6 Å². The number of likely N-dealkylation sites (N-methyl/N-ethyl adjacent to an activating group) is 1. The number of rotatable bonds is 6. The molecule has 0 atom stereocenters. The zero-order chi connectivity index (χ0) is 18.2. The molecule has 0 aliphatic rings. The Morgan fingerprint density at radius 1 is 1.24 bits per heavy atom. The molecule has 3 N–H and O–H groups in total. The van der Waals surface area contributed by atoms with Crippen LogP contribution in [-0.4, -0.2) is 47.5 Å². The molecular weight excluding hydrogens is 431 g/mol. The summed E-state index contributed by atoms with van der Waals surface area (Å²) in [4.78, 5) is 18.5. The van der Waals surface area contributed by atoms with Crippen LogP contribution in [0, 0.1) is 0 Å². The van der Waals surface area contributed by atoms with Gasteiger partial charge in [0.2, 0.25) is 5.91 Å². The lowest BCUT2D eigenvalue weighted by Gasteiger charge is -2.25. The van der Waals surface area contributed by atoms with Crippen molar-refractivity contribution in [2.45, 2.75) is 46.4 Å². The molecule has 0 spiro atoms. The molecule has 0 aliphatic carbocycles. The molecule has 0 fully saturated rings. The smallest absolute Gasteiger partial charge is 0.240 e. The average Bonchev–Trinajstić information content (AvgIpc) is 2.49. The van der Waals surface area contributed by atoms with Crippen LogP contribution in [-0.2, 0) is 17.9 Å². The van der Waals surface area contributed by atoms with Gasteiger partial charge < -0.3 is 20.6 Å². The molecule has 0 bridgehead atoms. The van der Waals surface area contributed by atoms with Crippen molar-refractivity contribution in [2.75, 3.05) is 20.1 Å². The van der Waals surface area contributed by atoms with E-state index in [0.29, 0.717) is 19.0 Å². The van der Waals surface area contributed by atoms with Gasteiger partial charge in [0.25, 0.3) is 0 Å². The van der Waals surface area contributed by atoms with Crippen molar-refractivity contribution in [2.24, 2.45) is 4.99 Å². The summed E-state index contributed by atoms with van der Waals surface area (Å²) in [6.45, 7) is 9.23. The van der Waals surface area contributed by atoms with Crippen molar-refractivity contribution in [3.8, 4) is 0 Å². The lowest BCUT2D eigenvalue weighted by atomic mass is 10.1. The number of aliphatic hydroxyl groups excluding tert-OH is 1. The number of carbonyl (C=O) groups is 1. The summed E-state index contributed by atoms with van der Waals surface area (Å²) in [7, 11) is 1.84. The largest absolute Gasteiger partial charge is 0.392 e. The van der Waals surface area contributed by atoms with Crippen molar-refractivity contribution < 1.29 is 9.90 Å². The number of amides is 1. The predicted octanol–water partition coefficient (Wildman–Crippen LogP) is 2.11. The number of hydrogen-bond donors (Lipinski definition) is 3. The number of hydrogen-bond acceptors (Lipinski definition) is 3. The normalized spacial score (nSPS) is 11.5. The molecule has 0 radical (unpaired) electrons. The molecule has 6 nitrogen and oxygen atoms in total. The molecule has 1 aromatic carbocycles. The third kappa shape index (κ3) is 9.06.